The molecule has 0 aromatic heterocycles. The molecule has 0 saturated heterocycles. The Balaban J connectivity index is 1.73. The van der Waals surface area contributed by atoms with Gasteiger partial charge in [-0.25, -0.2) is 19.8 Å². The van der Waals surface area contributed by atoms with E-state index in [0.29, 0.717) is 22.3 Å². The molecule has 1 aliphatic carbocycles. The summed E-state index contributed by atoms with van der Waals surface area (Å²) in [4.78, 5) is 4.53. The molecule has 1 fully saturated rings. The molecule has 0 spiro atoms. The molecular formula is C15H13ClFN3. The number of allylic oxidation sites excluding steroid dienone is 1. The minimum absolute atomic E-state index is 0.286. The minimum Gasteiger partial charge on any atom is -0.248 e. The first-order valence-electron chi connectivity index (χ1n) is 6.71. The van der Waals surface area contributed by atoms with E-state index in [2.05, 4.69) is 16.5 Å². The van der Waals surface area contributed by atoms with Crippen LogP contribution in [0.4, 0.5) is 4.39 Å². The van der Waals surface area contributed by atoms with Gasteiger partial charge >= 0.3 is 0 Å². The fraction of sp³-hybridized carbons (Fsp3) is 0.267. The Hall–Kier alpha value is -1.65. The predicted molar refractivity (Wildman–Crippen MR) is 76.4 cm³/mol. The lowest BCUT2D eigenvalue weighted by molar-refractivity contribution is 0.317. The van der Waals surface area contributed by atoms with Gasteiger partial charge in [0.1, 0.15) is 16.8 Å². The van der Waals surface area contributed by atoms with E-state index in [0.717, 1.165) is 5.82 Å². The molecule has 1 saturated carbocycles. The van der Waals surface area contributed by atoms with E-state index in [1.165, 1.54) is 18.9 Å². The van der Waals surface area contributed by atoms with Gasteiger partial charge in [0, 0.05) is 11.6 Å². The van der Waals surface area contributed by atoms with E-state index in [-0.39, 0.29) is 11.9 Å². The summed E-state index contributed by atoms with van der Waals surface area (Å²) in [7, 11) is 0. The van der Waals surface area contributed by atoms with Crippen molar-refractivity contribution in [2.45, 2.75) is 18.9 Å². The number of hydrogen-bond acceptors (Lipinski definition) is 3. The topological polar surface area (TPSA) is 27.6 Å². The molecule has 3 nitrogen and oxygen atoms in total. The molecule has 0 bridgehead atoms. The highest BCUT2D eigenvalue weighted by atomic mass is 35.5. The number of nitrogens with one attached hydrogen (secondary N) is 1. The van der Waals surface area contributed by atoms with Crippen LogP contribution in [-0.4, -0.2) is 16.8 Å². The normalized spacial score (nSPS) is 25.0. The van der Waals surface area contributed by atoms with Crippen molar-refractivity contribution in [3.8, 4) is 0 Å². The molecule has 2 heterocycles. The molecule has 0 radical (unpaired) electrons. The molecule has 0 amide bonds. The van der Waals surface area contributed by atoms with Crippen molar-refractivity contribution in [3.05, 3.63) is 58.8 Å². The number of benzene rings is 1. The fourth-order valence-corrected chi connectivity index (χ4v) is 2.82. The molecule has 20 heavy (non-hydrogen) atoms. The maximum Gasteiger partial charge on any atom is 0.146 e. The first-order chi connectivity index (χ1) is 9.72. The van der Waals surface area contributed by atoms with Crippen molar-refractivity contribution in [1.29, 1.82) is 0 Å². The van der Waals surface area contributed by atoms with Crippen LogP contribution >= 0.6 is 11.6 Å². The third-order valence-electron chi connectivity index (χ3n) is 3.82. The third kappa shape index (κ3) is 1.96. The Morgan fingerprint density at radius 2 is 2.10 bits per heavy atom. The van der Waals surface area contributed by atoms with Crippen molar-refractivity contribution >= 4 is 17.3 Å². The monoisotopic (exact) mass is 289 g/mol. The van der Waals surface area contributed by atoms with Crippen LogP contribution in [0.5, 0.6) is 0 Å². The summed E-state index contributed by atoms with van der Waals surface area (Å²) in [5, 5.41) is 2.29. The maximum atomic E-state index is 13.9. The SMILES string of the molecule is Fc1ccccc1C1=NC2=CC(C3CC3)NN2C(Cl)=C1. The Morgan fingerprint density at radius 1 is 1.30 bits per heavy atom. The van der Waals surface area contributed by atoms with Crippen molar-refractivity contribution in [1.82, 2.24) is 10.4 Å². The van der Waals surface area contributed by atoms with Crippen molar-refractivity contribution in [3.63, 3.8) is 0 Å². The van der Waals surface area contributed by atoms with Gasteiger partial charge in [0.15, 0.2) is 0 Å². The van der Waals surface area contributed by atoms with Gasteiger partial charge in [0.25, 0.3) is 0 Å². The molecule has 1 unspecified atom stereocenters. The summed E-state index contributed by atoms with van der Waals surface area (Å²) in [5.74, 6) is 1.14. The summed E-state index contributed by atoms with van der Waals surface area (Å²) in [6, 6.07) is 6.89. The smallest absolute Gasteiger partial charge is 0.146 e. The van der Waals surface area contributed by atoms with E-state index < -0.39 is 0 Å². The Morgan fingerprint density at radius 3 is 2.85 bits per heavy atom. The van der Waals surface area contributed by atoms with Crippen LogP contribution in [0.25, 0.3) is 0 Å². The first kappa shape index (κ1) is 12.1. The van der Waals surface area contributed by atoms with Crippen molar-refractivity contribution < 1.29 is 4.39 Å². The molecule has 1 aromatic carbocycles. The lowest BCUT2D eigenvalue weighted by Gasteiger charge is -2.24. The molecule has 102 valence electrons. The number of rotatable bonds is 2. The second-order valence-corrected chi connectivity index (χ2v) is 5.68. The number of halogens is 2. The number of hydrazine groups is 1. The van der Waals surface area contributed by atoms with Gasteiger partial charge in [-0.15, -0.1) is 0 Å². The standard InChI is InChI=1S/C15H13ClFN3/c16-14-7-13(10-3-1-2-4-11(10)17)18-15-8-12(9-5-6-9)19-20(14)15/h1-4,7-9,12,19H,5-6H2. The van der Waals surface area contributed by atoms with E-state index in [4.69, 9.17) is 11.6 Å². The highest BCUT2D eigenvalue weighted by molar-refractivity contribution is 6.32. The summed E-state index contributed by atoms with van der Waals surface area (Å²) in [6.45, 7) is 0. The van der Waals surface area contributed by atoms with Crippen LogP contribution in [-0.2, 0) is 0 Å². The first-order valence-corrected chi connectivity index (χ1v) is 7.09. The van der Waals surface area contributed by atoms with E-state index in [1.54, 1.807) is 29.3 Å². The average molecular weight is 290 g/mol. The largest absolute Gasteiger partial charge is 0.248 e. The summed E-state index contributed by atoms with van der Waals surface area (Å²) in [5.41, 5.74) is 4.37. The minimum atomic E-state index is -0.286. The summed E-state index contributed by atoms with van der Waals surface area (Å²) in [6.07, 6.45) is 6.24. The Kier molecular flexibility index (Phi) is 2.69. The molecule has 3 aliphatic rings. The van der Waals surface area contributed by atoms with Gasteiger partial charge in [-0.2, -0.15) is 0 Å². The Bertz CT molecular complexity index is 661. The van der Waals surface area contributed by atoms with Gasteiger partial charge in [0.2, 0.25) is 0 Å². The molecular weight excluding hydrogens is 277 g/mol. The second kappa shape index (κ2) is 4.43. The molecule has 1 aromatic rings. The molecule has 5 heteroatoms. The highest BCUT2D eigenvalue weighted by Gasteiger charge is 2.37. The molecule has 1 N–H and O–H groups in total. The molecule has 4 rings (SSSR count). The zero-order valence-electron chi connectivity index (χ0n) is 10.7. The lowest BCUT2D eigenvalue weighted by atomic mass is 10.1. The van der Waals surface area contributed by atoms with Gasteiger partial charge in [-0.1, -0.05) is 23.7 Å². The number of hydrogen-bond donors (Lipinski definition) is 1. The van der Waals surface area contributed by atoms with Crippen LogP contribution in [0.1, 0.15) is 18.4 Å². The quantitative estimate of drug-likeness (QED) is 0.847. The van der Waals surface area contributed by atoms with Gasteiger partial charge < -0.3 is 0 Å². The van der Waals surface area contributed by atoms with E-state index in [9.17, 15) is 4.39 Å². The lowest BCUT2D eigenvalue weighted by Crippen LogP contribution is -2.37. The summed E-state index contributed by atoms with van der Waals surface area (Å²) >= 11 is 6.29. The zero-order valence-corrected chi connectivity index (χ0v) is 11.4. The zero-order chi connectivity index (χ0) is 13.7. The van der Waals surface area contributed by atoms with E-state index in [1.807, 2.05) is 0 Å². The second-order valence-electron chi connectivity index (χ2n) is 5.30. The summed E-state index contributed by atoms with van der Waals surface area (Å²) < 4.78 is 13.9. The molecule has 1 atom stereocenters. The maximum absolute atomic E-state index is 13.9. The average Bonchev–Trinajstić information content (AvgIpc) is 3.19. The van der Waals surface area contributed by atoms with Crippen molar-refractivity contribution in [2.24, 2.45) is 10.9 Å². The van der Waals surface area contributed by atoms with Crippen LogP contribution < -0.4 is 5.43 Å². The predicted octanol–water partition coefficient (Wildman–Crippen LogP) is 3.15. The fourth-order valence-electron chi connectivity index (χ4n) is 2.58. The third-order valence-corrected chi connectivity index (χ3v) is 4.10. The van der Waals surface area contributed by atoms with Gasteiger partial charge in [0.05, 0.1) is 11.8 Å². The van der Waals surface area contributed by atoms with Crippen LogP contribution in [0, 0.1) is 11.7 Å². The Labute approximate surface area is 121 Å². The van der Waals surface area contributed by atoms with Crippen LogP contribution in [0.3, 0.4) is 0 Å². The van der Waals surface area contributed by atoms with Gasteiger partial charge in [-0.05, 0) is 37.0 Å². The number of aliphatic imine (C=N–C) groups is 1. The van der Waals surface area contributed by atoms with Crippen molar-refractivity contribution in [2.75, 3.05) is 0 Å². The van der Waals surface area contributed by atoms with E-state index >= 15 is 0 Å². The van der Waals surface area contributed by atoms with Gasteiger partial charge in [-0.3, -0.25) is 0 Å². The molecule has 2 aliphatic heterocycles. The van der Waals surface area contributed by atoms with Crippen LogP contribution in [0.2, 0.25) is 0 Å². The number of fused-ring (bicyclic) bond motifs is 1. The number of nitrogens with zero attached hydrogens (tertiary/aromatic N) is 2. The van der Waals surface area contributed by atoms with Crippen LogP contribution in [0.15, 0.2) is 52.4 Å². The highest BCUT2D eigenvalue weighted by Crippen LogP contribution is 2.38.